The normalized spacial score (nSPS) is 21.0. The van der Waals surface area contributed by atoms with Gasteiger partial charge in [-0.3, -0.25) is 9.59 Å². The lowest BCUT2D eigenvalue weighted by Gasteiger charge is -2.25. The molecule has 1 aliphatic heterocycles. The zero-order valence-corrected chi connectivity index (χ0v) is 17.3. The van der Waals surface area contributed by atoms with E-state index in [4.69, 9.17) is 0 Å². The largest absolute Gasteiger partial charge is 0.346 e. The lowest BCUT2D eigenvalue weighted by atomic mass is 10.2. The van der Waals surface area contributed by atoms with Gasteiger partial charge in [0.25, 0.3) is 0 Å². The van der Waals surface area contributed by atoms with Crippen LogP contribution >= 0.6 is 0 Å². The fourth-order valence-corrected chi connectivity index (χ4v) is 6.06. The maximum absolute atomic E-state index is 13.2. The van der Waals surface area contributed by atoms with Gasteiger partial charge < -0.3 is 10.6 Å². The van der Waals surface area contributed by atoms with Crippen molar-refractivity contribution in [2.24, 2.45) is 0 Å². The van der Waals surface area contributed by atoms with Crippen molar-refractivity contribution < 1.29 is 18.0 Å². The highest BCUT2D eigenvalue weighted by atomic mass is 32.2. The molecule has 1 aromatic carbocycles. The number of nitrogens with one attached hydrogen (secondary N) is 2. The number of benzene rings is 1. The average Bonchev–Trinajstić information content (AvgIpc) is 3.33. The molecule has 1 atom stereocenters. The SMILES string of the molecule is Cc1ccc(C)c(S(=O)(=O)N2CCC[C@@H]2CNC(=O)C(=O)NC2CCCC2)c1. The first-order valence-corrected chi connectivity index (χ1v) is 11.4. The van der Waals surface area contributed by atoms with Gasteiger partial charge >= 0.3 is 11.8 Å². The number of carbonyl (C=O) groups excluding carboxylic acids is 2. The van der Waals surface area contributed by atoms with Crippen LogP contribution in [0, 0.1) is 13.8 Å². The van der Waals surface area contributed by atoms with Gasteiger partial charge in [0.15, 0.2) is 0 Å². The third-order valence-electron chi connectivity index (χ3n) is 5.65. The highest BCUT2D eigenvalue weighted by molar-refractivity contribution is 7.89. The number of amides is 2. The second-order valence-electron chi connectivity index (χ2n) is 7.85. The zero-order chi connectivity index (χ0) is 20.3. The fourth-order valence-electron chi connectivity index (χ4n) is 4.05. The summed E-state index contributed by atoms with van der Waals surface area (Å²) in [6.45, 7) is 4.21. The number of aryl methyl sites for hydroxylation is 2. The Hall–Kier alpha value is -1.93. The molecule has 1 saturated heterocycles. The summed E-state index contributed by atoms with van der Waals surface area (Å²) in [5.74, 6) is -1.32. The van der Waals surface area contributed by atoms with E-state index >= 15 is 0 Å². The highest BCUT2D eigenvalue weighted by Crippen LogP contribution is 2.28. The molecule has 0 bridgehead atoms. The zero-order valence-electron chi connectivity index (χ0n) is 16.5. The fraction of sp³-hybridized carbons (Fsp3) is 0.600. The molecule has 2 fully saturated rings. The topological polar surface area (TPSA) is 95.6 Å². The Kier molecular flexibility index (Phi) is 6.40. The molecule has 1 saturated carbocycles. The number of hydrogen-bond acceptors (Lipinski definition) is 4. The van der Waals surface area contributed by atoms with Crippen molar-refractivity contribution in [3.05, 3.63) is 29.3 Å². The van der Waals surface area contributed by atoms with E-state index in [2.05, 4.69) is 10.6 Å². The van der Waals surface area contributed by atoms with Gasteiger partial charge in [-0.15, -0.1) is 0 Å². The van der Waals surface area contributed by atoms with Crippen LogP contribution in [-0.4, -0.2) is 49.7 Å². The first-order valence-electron chi connectivity index (χ1n) is 9.97. The number of sulfonamides is 1. The van der Waals surface area contributed by atoms with E-state index in [1.165, 1.54) is 4.31 Å². The monoisotopic (exact) mass is 407 g/mol. The molecule has 8 heteroatoms. The van der Waals surface area contributed by atoms with Gasteiger partial charge in [-0.2, -0.15) is 4.31 Å². The number of rotatable bonds is 5. The summed E-state index contributed by atoms with van der Waals surface area (Å²) >= 11 is 0. The van der Waals surface area contributed by atoms with Crippen molar-refractivity contribution in [2.75, 3.05) is 13.1 Å². The number of hydrogen-bond donors (Lipinski definition) is 2. The molecule has 28 heavy (non-hydrogen) atoms. The van der Waals surface area contributed by atoms with Crippen molar-refractivity contribution in [3.8, 4) is 0 Å². The van der Waals surface area contributed by atoms with Gasteiger partial charge in [-0.25, -0.2) is 8.42 Å². The van der Waals surface area contributed by atoms with Gasteiger partial charge in [0.2, 0.25) is 10.0 Å². The number of carbonyl (C=O) groups is 2. The Morgan fingerprint density at radius 1 is 1.07 bits per heavy atom. The van der Waals surface area contributed by atoms with Crippen LogP contribution in [0.15, 0.2) is 23.1 Å². The van der Waals surface area contributed by atoms with Crippen LogP contribution in [0.5, 0.6) is 0 Å². The lowest BCUT2D eigenvalue weighted by Crippen LogP contribution is -2.48. The van der Waals surface area contributed by atoms with E-state index in [0.717, 1.165) is 37.7 Å². The summed E-state index contributed by atoms with van der Waals surface area (Å²) < 4.78 is 27.8. The summed E-state index contributed by atoms with van der Waals surface area (Å²) in [6.07, 6.45) is 5.35. The maximum Gasteiger partial charge on any atom is 0.309 e. The molecule has 0 unspecified atom stereocenters. The van der Waals surface area contributed by atoms with Crippen molar-refractivity contribution in [1.82, 2.24) is 14.9 Å². The van der Waals surface area contributed by atoms with Crippen molar-refractivity contribution in [2.45, 2.75) is 69.4 Å². The first-order chi connectivity index (χ1) is 13.3. The molecule has 2 aliphatic rings. The second kappa shape index (κ2) is 8.61. The minimum atomic E-state index is -3.65. The van der Waals surface area contributed by atoms with Crippen LogP contribution in [0.3, 0.4) is 0 Å². The third-order valence-corrected chi connectivity index (χ3v) is 7.74. The first kappa shape index (κ1) is 20.8. The molecular formula is C20H29N3O4S. The second-order valence-corrected chi connectivity index (χ2v) is 9.70. The van der Waals surface area contributed by atoms with Crippen molar-refractivity contribution in [3.63, 3.8) is 0 Å². The van der Waals surface area contributed by atoms with E-state index in [-0.39, 0.29) is 18.6 Å². The van der Waals surface area contributed by atoms with Crippen LogP contribution in [0.2, 0.25) is 0 Å². The Labute approximate surface area is 166 Å². The smallest absolute Gasteiger partial charge is 0.309 e. The highest BCUT2D eigenvalue weighted by Gasteiger charge is 2.36. The maximum atomic E-state index is 13.2. The minimum absolute atomic E-state index is 0.0749. The summed E-state index contributed by atoms with van der Waals surface area (Å²) in [4.78, 5) is 24.5. The summed E-state index contributed by atoms with van der Waals surface area (Å²) in [5, 5.41) is 5.37. The van der Waals surface area contributed by atoms with Gasteiger partial charge in [0.1, 0.15) is 0 Å². The predicted octanol–water partition coefficient (Wildman–Crippen LogP) is 1.63. The van der Waals surface area contributed by atoms with E-state index in [1.54, 1.807) is 13.0 Å². The van der Waals surface area contributed by atoms with E-state index in [9.17, 15) is 18.0 Å². The average molecular weight is 408 g/mol. The molecule has 1 heterocycles. The predicted molar refractivity (Wildman–Crippen MR) is 106 cm³/mol. The summed E-state index contributed by atoms with van der Waals surface area (Å²) in [7, 11) is -3.65. The third kappa shape index (κ3) is 4.55. The molecular weight excluding hydrogens is 378 g/mol. The molecule has 3 rings (SSSR count). The Morgan fingerprint density at radius 2 is 1.79 bits per heavy atom. The van der Waals surface area contributed by atoms with E-state index in [0.29, 0.717) is 23.4 Å². The van der Waals surface area contributed by atoms with Crippen LogP contribution < -0.4 is 10.6 Å². The Morgan fingerprint density at radius 3 is 2.50 bits per heavy atom. The quantitative estimate of drug-likeness (QED) is 0.725. The van der Waals surface area contributed by atoms with Gasteiger partial charge in [0, 0.05) is 25.2 Å². The van der Waals surface area contributed by atoms with Crippen LogP contribution in [-0.2, 0) is 19.6 Å². The molecule has 2 amide bonds. The van der Waals surface area contributed by atoms with Crippen molar-refractivity contribution in [1.29, 1.82) is 0 Å². The molecule has 0 aromatic heterocycles. The molecule has 7 nitrogen and oxygen atoms in total. The Balaban J connectivity index is 1.63. The molecule has 2 N–H and O–H groups in total. The minimum Gasteiger partial charge on any atom is -0.346 e. The van der Waals surface area contributed by atoms with Crippen LogP contribution in [0.25, 0.3) is 0 Å². The Bertz CT molecular complexity index is 847. The van der Waals surface area contributed by atoms with Gasteiger partial charge in [0.05, 0.1) is 4.90 Å². The lowest BCUT2D eigenvalue weighted by molar-refractivity contribution is -0.139. The standard InChI is InChI=1S/C20H29N3O4S/c1-14-9-10-15(2)18(12-14)28(26,27)23-11-5-8-17(23)13-21-19(24)20(25)22-16-6-3-4-7-16/h9-10,12,16-17H,3-8,11,13H2,1-2H3,(H,21,24)(H,22,25)/t17-/m1/s1. The summed E-state index contributed by atoms with van der Waals surface area (Å²) in [6, 6.07) is 5.12. The van der Waals surface area contributed by atoms with E-state index in [1.807, 2.05) is 19.1 Å². The van der Waals surface area contributed by atoms with E-state index < -0.39 is 21.8 Å². The molecule has 0 spiro atoms. The van der Waals surface area contributed by atoms with Gasteiger partial charge in [-0.05, 0) is 56.7 Å². The summed E-state index contributed by atoms with van der Waals surface area (Å²) in [5.41, 5.74) is 1.59. The number of nitrogens with zero attached hydrogens (tertiary/aromatic N) is 1. The molecule has 154 valence electrons. The molecule has 0 radical (unpaired) electrons. The van der Waals surface area contributed by atoms with Crippen LogP contribution in [0.1, 0.15) is 49.7 Å². The molecule has 1 aliphatic carbocycles. The van der Waals surface area contributed by atoms with Gasteiger partial charge in [-0.1, -0.05) is 25.0 Å². The van der Waals surface area contributed by atoms with Crippen LogP contribution in [0.4, 0.5) is 0 Å². The van der Waals surface area contributed by atoms with Crippen molar-refractivity contribution >= 4 is 21.8 Å². The molecule has 1 aromatic rings.